The van der Waals surface area contributed by atoms with Crippen LogP contribution in [0.3, 0.4) is 0 Å². The second-order valence-electron chi connectivity index (χ2n) is 5.33. The van der Waals surface area contributed by atoms with Crippen LogP contribution in [0.15, 0.2) is 11.6 Å². The summed E-state index contributed by atoms with van der Waals surface area (Å²) in [6.07, 6.45) is 7.57. The third-order valence-electron chi connectivity index (χ3n) is 3.77. The summed E-state index contributed by atoms with van der Waals surface area (Å²) in [4.78, 5) is 0. The van der Waals surface area contributed by atoms with Crippen LogP contribution in [0, 0.1) is 11.8 Å². The van der Waals surface area contributed by atoms with Gasteiger partial charge >= 0.3 is 0 Å². The summed E-state index contributed by atoms with van der Waals surface area (Å²) < 4.78 is 0. The topological polar surface area (TPSA) is 20.2 Å². The van der Waals surface area contributed by atoms with Gasteiger partial charge in [0.2, 0.25) is 0 Å². The highest BCUT2D eigenvalue weighted by atomic mass is 16.3. The van der Waals surface area contributed by atoms with E-state index in [4.69, 9.17) is 0 Å². The molecule has 0 unspecified atom stereocenters. The van der Waals surface area contributed by atoms with Crippen molar-refractivity contribution in [2.75, 3.05) is 0 Å². The molecule has 1 fully saturated rings. The highest BCUT2D eigenvalue weighted by Crippen LogP contribution is 2.42. The Morgan fingerprint density at radius 3 is 2.67 bits per heavy atom. The van der Waals surface area contributed by atoms with Gasteiger partial charge in [0.1, 0.15) is 0 Å². The molecule has 15 heavy (non-hydrogen) atoms. The van der Waals surface area contributed by atoms with Crippen molar-refractivity contribution in [1.29, 1.82) is 0 Å². The Labute approximate surface area is 94.6 Å². The molecule has 0 saturated heterocycles. The quantitative estimate of drug-likeness (QED) is 0.700. The minimum atomic E-state index is -0.498. The van der Waals surface area contributed by atoms with E-state index in [-0.39, 0.29) is 0 Å². The van der Waals surface area contributed by atoms with Crippen molar-refractivity contribution < 1.29 is 5.11 Å². The molecule has 0 heterocycles. The SMILES string of the molecule is C/C=C1\[C@H](C)C[C@@H](C)C[C@]1(O)CCCC. The molecule has 0 aliphatic heterocycles. The molecule has 88 valence electrons. The smallest absolute Gasteiger partial charge is 0.0861 e. The summed E-state index contributed by atoms with van der Waals surface area (Å²) in [5.74, 6) is 1.21. The Morgan fingerprint density at radius 1 is 1.47 bits per heavy atom. The van der Waals surface area contributed by atoms with Gasteiger partial charge in [0.25, 0.3) is 0 Å². The van der Waals surface area contributed by atoms with Crippen LogP contribution in [0.1, 0.15) is 59.8 Å². The molecule has 1 N–H and O–H groups in total. The minimum Gasteiger partial charge on any atom is -0.385 e. The van der Waals surface area contributed by atoms with Crippen LogP contribution in [0.25, 0.3) is 0 Å². The van der Waals surface area contributed by atoms with Crippen molar-refractivity contribution in [2.45, 2.75) is 65.4 Å². The molecule has 0 aromatic carbocycles. The molecule has 0 aromatic heterocycles. The standard InChI is InChI=1S/C14H26O/c1-5-7-8-14(15)10-11(3)9-12(4)13(14)6-2/h6,11-12,15H,5,7-10H2,1-4H3/b13-6+/t11-,12-,14-/m1/s1. The van der Waals surface area contributed by atoms with Gasteiger partial charge in [-0.25, -0.2) is 0 Å². The third-order valence-corrected chi connectivity index (χ3v) is 3.77. The van der Waals surface area contributed by atoms with Gasteiger partial charge in [-0.3, -0.25) is 0 Å². The number of allylic oxidation sites excluding steroid dienone is 1. The monoisotopic (exact) mass is 210 g/mol. The molecule has 1 aliphatic carbocycles. The van der Waals surface area contributed by atoms with Crippen molar-refractivity contribution in [2.24, 2.45) is 11.8 Å². The van der Waals surface area contributed by atoms with E-state index in [1.807, 2.05) is 0 Å². The lowest BCUT2D eigenvalue weighted by atomic mass is 9.68. The maximum Gasteiger partial charge on any atom is 0.0861 e. The van der Waals surface area contributed by atoms with Crippen molar-refractivity contribution in [3.8, 4) is 0 Å². The van der Waals surface area contributed by atoms with Crippen LogP contribution in [0.4, 0.5) is 0 Å². The first-order valence-electron chi connectivity index (χ1n) is 6.42. The Morgan fingerprint density at radius 2 is 2.13 bits per heavy atom. The van der Waals surface area contributed by atoms with E-state index in [1.54, 1.807) is 0 Å². The van der Waals surface area contributed by atoms with Crippen LogP contribution in [0.2, 0.25) is 0 Å². The lowest BCUT2D eigenvalue weighted by Gasteiger charge is -2.42. The fraction of sp³-hybridized carbons (Fsp3) is 0.857. The van der Waals surface area contributed by atoms with E-state index in [2.05, 4.69) is 33.8 Å². The Bertz CT molecular complexity index is 231. The Kier molecular flexibility index (Phi) is 4.39. The van der Waals surface area contributed by atoms with E-state index < -0.39 is 5.60 Å². The van der Waals surface area contributed by atoms with Crippen molar-refractivity contribution >= 4 is 0 Å². The predicted octanol–water partition coefficient (Wildman–Crippen LogP) is 3.92. The van der Waals surface area contributed by atoms with E-state index >= 15 is 0 Å². The lowest BCUT2D eigenvalue weighted by Crippen LogP contribution is -2.40. The van der Waals surface area contributed by atoms with Crippen LogP contribution < -0.4 is 0 Å². The van der Waals surface area contributed by atoms with Crippen LogP contribution in [-0.2, 0) is 0 Å². The third kappa shape index (κ3) is 2.84. The molecule has 0 aromatic rings. The fourth-order valence-electron chi connectivity index (χ4n) is 3.24. The summed E-state index contributed by atoms with van der Waals surface area (Å²) in [6.45, 7) is 8.77. The van der Waals surface area contributed by atoms with E-state index in [0.29, 0.717) is 11.8 Å². The number of hydrogen-bond acceptors (Lipinski definition) is 1. The maximum absolute atomic E-state index is 10.7. The van der Waals surface area contributed by atoms with Gasteiger partial charge < -0.3 is 5.11 Å². The first-order valence-corrected chi connectivity index (χ1v) is 6.42. The van der Waals surface area contributed by atoms with Gasteiger partial charge in [-0.05, 0) is 43.6 Å². The first kappa shape index (κ1) is 12.8. The van der Waals surface area contributed by atoms with Crippen LogP contribution in [0.5, 0.6) is 0 Å². The van der Waals surface area contributed by atoms with Crippen LogP contribution in [-0.4, -0.2) is 10.7 Å². The summed E-state index contributed by atoms with van der Waals surface area (Å²) in [5.41, 5.74) is 0.788. The second-order valence-corrected chi connectivity index (χ2v) is 5.33. The lowest BCUT2D eigenvalue weighted by molar-refractivity contribution is 0.0121. The Hall–Kier alpha value is -0.300. The zero-order valence-corrected chi connectivity index (χ0v) is 10.7. The van der Waals surface area contributed by atoms with Crippen molar-refractivity contribution in [3.05, 3.63) is 11.6 Å². The average molecular weight is 210 g/mol. The molecular formula is C14H26O. The minimum absolute atomic E-state index is 0.498. The largest absolute Gasteiger partial charge is 0.385 e. The molecule has 0 bridgehead atoms. The fourth-order valence-corrected chi connectivity index (χ4v) is 3.24. The van der Waals surface area contributed by atoms with Crippen LogP contribution >= 0.6 is 0 Å². The van der Waals surface area contributed by atoms with Gasteiger partial charge in [0.05, 0.1) is 5.60 Å². The maximum atomic E-state index is 10.7. The molecule has 1 heteroatoms. The zero-order chi connectivity index (χ0) is 11.5. The zero-order valence-electron chi connectivity index (χ0n) is 10.7. The summed E-state index contributed by atoms with van der Waals surface area (Å²) in [6, 6.07) is 0. The van der Waals surface area contributed by atoms with Crippen molar-refractivity contribution in [1.82, 2.24) is 0 Å². The van der Waals surface area contributed by atoms with E-state index in [9.17, 15) is 5.11 Å². The highest BCUT2D eigenvalue weighted by molar-refractivity contribution is 5.21. The summed E-state index contributed by atoms with van der Waals surface area (Å²) in [5, 5.41) is 10.7. The van der Waals surface area contributed by atoms with Gasteiger partial charge in [-0.15, -0.1) is 0 Å². The second kappa shape index (κ2) is 5.16. The molecule has 3 atom stereocenters. The predicted molar refractivity (Wildman–Crippen MR) is 65.8 cm³/mol. The molecule has 1 rings (SSSR count). The number of unbranched alkanes of at least 4 members (excludes halogenated alkanes) is 1. The molecule has 0 spiro atoms. The molecular weight excluding hydrogens is 184 g/mol. The Balaban J connectivity index is 2.81. The average Bonchev–Trinajstić information content (AvgIpc) is 2.14. The molecule has 1 nitrogen and oxygen atoms in total. The number of aliphatic hydroxyl groups is 1. The van der Waals surface area contributed by atoms with E-state index in [0.717, 1.165) is 19.3 Å². The van der Waals surface area contributed by atoms with E-state index in [1.165, 1.54) is 18.4 Å². The molecule has 0 radical (unpaired) electrons. The number of rotatable bonds is 3. The van der Waals surface area contributed by atoms with Gasteiger partial charge in [0, 0.05) is 0 Å². The number of hydrogen-bond donors (Lipinski definition) is 1. The van der Waals surface area contributed by atoms with Gasteiger partial charge in [-0.1, -0.05) is 39.7 Å². The van der Waals surface area contributed by atoms with Crippen molar-refractivity contribution in [3.63, 3.8) is 0 Å². The normalized spacial score (nSPS) is 39.7. The van der Waals surface area contributed by atoms with Gasteiger partial charge in [0.15, 0.2) is 0 Å². The first-order chi connectivity index (χ1) is 7.03. The summed E-state index contributed by atoms with van der Waals surface area (Å²) >= 11 is 0. The molecule has 1 aliphatic rings. The highest BCUT2D eigenvalue weighted by Gasteiger charge is 2.39. The summed E-state index contributed by atoms with van der Waals surface area (Å²) in [7, 11) is 0. The molecule has 0 amide bonds. The molecule has 1 saturated carbocycles. The van der Waals surface area contributed by atoms with Gasteiger partial charge in [-0.2, -0.15) is 0 Å².